The molecule has 10 rings (SSSR count). The first-order chi connectivity index (χ1) is 25.3. The number of hydrogen-bond donors (Lipinski definition) is 0. The van der Waals surface area contributed by atoms with E-state index in [1.54, 1.807) is 0 Å². The van der Waals surface area contributed by atoms with Gasteiger partial charge in [-0.05, 0) is 82.9 Å². The van der Waals surface area contributed by atoms with Crippen LogP contribution < -0.4 is 4.90 Å². The normalized spacial score (nSPS) is 11.5. The maximum atomic E-state index is 6.69. The van der Waals surface area contributed by atoms with Gasteiger partial charge < -0.3 is 13.9 Å². The Hall–Kier alpha value is -6.84. The van der Waals surface area contributed by atoms with Crippen LogP contribution in [0.15, 0.2) is 199 Å². The minimum Gasteiger partial charge on any atom is -0.456 e. The summed E-state index contributed by atoms with van der Waals surface area (Å²) in [6.45, 7) is 0. The molecule has 0 spiro atoms. The monoisotopic (exact) mass is 652 g/mol. The van der Waals surface area contributed by atoms with Gasteiger partial charge >= 0.3 is 0 Å². The minimum absolute atomic E-state index is 0.850. The minimum atomic E-state index is 0.850. The van der Waals surface area contributed by atoms with E-state index >= 15 is 0 Å². The fourth-order valence-corrected chi connectivity index (χ4v) is 7.62. The van der Waals surface area contributed by atoms with Crippen LogP contribution in [-0.2, 0) is 0 Å². The Kier molecular flexibility index (Phi) is 6.81. The van der Waals surface area contributed by atoms with Crippen molar-refractivity contribution in [1.29, 1.82) is 0 Å². The molecule has 0 amide bonds. The lowest BCUT2D eigenvalue weighted by Gasteiger charge is -2.26. The zero-order valence-electron chi connectivity index (χ0n) is 27.8. The van der Waals surface area contributed by atoms with Gasteiger partial charge in [0.05, 0.1) is 22.1 Å². The summed E-state index contributed by atoms with van der Waals surface area (Å²) in [6.07, 6.45) is 0. The van der Waals surface area contributed by atoms with Crippen LogP contribution in [0, 0.1) is 0 Å². The topological polar surface area (TPSA) is 21.3 Å². The lowest BCUT2D eigenvalue weighted by Crippen LogP contribution is -2.09. The highest BCUT2D eigenvalue weighted by molar-refractivity contribution is 6.14. The molecule has 0 aliphatic heterocycles. The highest BCUT2D eigenvalue weighted by atomic mass is 16.3. The molecule has 0 bridgehead atoms. The molecule has 0 atom stereocenters. The quantitative estimate of drug-likeness (QED) is 0.178. The van der Waals surface area contributed by atoms with Crippen molar-refractivity contribution in [1.82, 2.24) is 4.57 Å². The van der Waals surface area contributed by atoms with Crippen LogP contribution in [0.4, 0.5) is 17.1 Å². The van der Waals surface area contributed by atoms with E-state index in [4.69, 9.17) is 4.42 Å². The van der Waals surface area contributed by atoms with E-state index in [9.17, 15) is 0 Å². The molecule has 0 aliphatic rings. The van der Waals surface area contributed by atoms with Gasteiger partial charge in [0.2, 0.25) is 0 Å². The number of para-hydroxylation sites is 2. The van der Waals surface area contributed by atoms with Crippen LogP contribution in [0.2, 0.25) is 0 Å². The Labute approximate surface area is 295 Å². The van der Waals surface area contributed by atoms with Gasteiger partial charge in [-0.3, -0.25) is 0 Å². The van der Waals surface area contributed by atoms with Gasteiger partial charge in [-0.2, -0.15) is 0 Å². The largest absolute Gasteiger partial charge is 0.456 e. The van der Waals surface area contributed by atoms with Crippen LogP contribution >= 0.6 is 0 Å². The Morgan fingerprint density at radius 2 is 0.843 bits per heavy atom. The molecule has 2 heterocycles. The van der Waals surface area contributed by atoms with E-state index in [0.29, 0.717) is 0 Å². The van der Waals surface area contributed by atoms with Crippen LogP contribution in [-0.4, -0.2) is 4.57 Å². The Bertz CT molecular complexity index is 2690. The van der Waals surface area contributed by atoms with Crippen LogP contribution in [0.5, 0.6) is 0 Å². The zero-order valence-corrected chi connectivity index (χ0v) is 27.8. The average molecular weight is 653 g/mol. The molecule has 240 valence electrons. The van der Waals surface area contributed by atoms with Crippen molar-refractivity contribution in [3.05, 3.63) is 194 Å². The predicted molar refractivity (Wildman–Crippen MR) is 214 cm³/mol. The van der Waals surface area contributed by atoms with Gasteiger partial charge in [0, 0.05) is 39.3 Å². The second-order valence-electron chi connectivity index (χ2n) is 13.0. The Morgan fingerprint density at radius 1 is 0.353 bits per heavy atom. The Balaban J connectivity index is 1.13. The maximum Gasteiger partial charge on any atom is 0.137 e. The van der Waals surface area contributed by atoms with Gasteiger partial charge in [0.1, 0.15) is 11.2 Å². The molecule has 3 nitrogen and oxygen atoms in total. The molecule has 3 heteroatoms. The molecule has 0 saturated heterocycles. The molecule has 0 fully saturated rings. The second kappa shape index (κ2) is 11.9. The maximum absolute atomic E-state index is 6.69. The predicted octanol–water partition coefficient (Wildman–Crippen LogP) is 13.5. The molecule has 0 aliphatic carbocycles. The van der Waals surface area contributed by atoms with Gasteiger partial charge in [-0.15, -0.1) is 0 Å². The summed E-state index contributed by atoms with van der Waals surface area (Å²) in [7, 11) is 0. The molecule has 0 saturated carbocycles. The summed E-state index contributed by atoms with van der Waals surface area (Å²) in [5.41, 5.74) is 13.1. The fraction of sp³-hybridized carbons (Fsp3) is 0. The number of fused-ring (bicyclic) bond motifs is 6. The molecule has 0 unspecified atom stereocenters. The van der Waals surface area contributed by atoms with Crippen molar-refractivity contribution in [3.8, 4) is 27.9 Å². The number of benzene rings is 8. The smallest absolute Gasteiger partial charge is 0.137 e. The van der Waals surface area contributed by atoms with E-state index in [1.807, 2.05) is 0 Å². The van der Waals surface area contributed by atoms with Crippen LogP contribution in [0.25, 0.3) is 71.7 Å². The number of nitrogens with zero attached hydrogens (tertiary/aromatic N) is 2. The van der Waals surface area contributed by atoms with Gasteiger partial charge in [0.15, 0.2) is 0 Å². The molecule has 10 aromatic rings. The average Bonchev–Trinajstić information content (AvgIpc) is 3.75. The lowest BCUT2D eigenvalue weighted by molar-refractivity contribution is 0.669. The third-order valence-corrected chi connectivity index (χ3v) is 10.0. The van der Waals surface area contributed by atoms with Crippen molar-refractivity contribution in [2.24, 2.45) is 0 Å². The Morgan fingerprint density at radius 3 is 1.41 bits per heavy atom. The second-order valence-corrected chi connectivity index (χ2v) is 13.0. The highest BCUT2D eigenvalue weighted by Gasteiger charge is 2.20. The number of furan rings is 1. The molecule has 0 N–H and O–H groups in total. The van der Waals surface area contributed by atoms with Crippen molar-refractivity contribution in [2.45, 2.75) is 0 Å². The van der Waals surface area contributed by atoms with Gasteiger partial charge in [-0.1, -0.05) is 127 Å². The van der Waals surface area contributed by atoms with E-state index in [2.05, 4.69) is 204 Å². The number of rotatable bonds is 6. The van der Waals surface area contributed by atoms with Crippen molar-refractivity contribution in [2.75, 3.05) is 4.90 Å². The summed E-state index contributed by atoms with van der Waals surface area (Å²) >= 11 is 0. The molecule has 0 radical (unpaired) electrons. The van der Waals surface area contributed by atoms with Gasteiger partial charge in [-0.25, -0.2) is 0 Å². The van der Waals surface area contributed by atoms with E-state index in [0.717, 1.165) is 44.7 Å². The molecular weight excluding hydrogens is 621 g/mol. The van der Waals surface area contributed by atoms with Crippen molar-refractivity contribution >= 4 is 60.8 Å². The van der Waals surface area contributed by atoms with Crippen LogP contribution in [0.3, 0.4) is 0 Å². The van der Waals surface area contributed by atoms with E-state index in [1.165, 1.54) is 44.1 Å². The summed E-state index contributed by atoms with van der Waals surface area (Å²) in [6, 6.07) is 69.0. The van der Waals surface area contributed by atoms with Crippen molar-refractivity contribution < 1.29 is 4.42 Å². The number of hydrogen-bond acceptors (Lipinski definition) is 2. The first-order valence-corrected chi connectivity index (χ1v) is 17.4. The first-order valence-electron chi connectivity index (χ1n) is 17.4. The number of aromatic nitrogens is 1. The standard InChI is InChI=1S/C48H32N2O/c1-3-12-33(13-4-1)35-22-26-37(27-23-35)49(38-28-24-36(25-29-38)34-14-5-2-6-15-34)39-30-31-42-47(32-39)51-46-21-11-20-45(48(42)46)50-43-18-9-7-16-40(43)41-17-8-10-19-44(41)50/h1-32H. The molecule has 8 aromatic carbocycles. The molecule has 51 heavy (non-hydrogen) atoms. The SMILES string of the molecule is c1ccc(-c2ccc(N(c3ccc(-c4ccccc4)cc3)c3ccc4c(c3)oc3cccc(-n5c6ccccc6c6ccccc65)c34)cc2)cc1. The van der Waals surface area contributed by atoms with Crippen LogP contribution in [0.1, 0.15) is 0 Å². The molecule has 2 aromatic heterocycles. The first kappa shape index (κ1) is 29.1. The third kappa shape index (κ3) is 4.90. The summed E-state index contributed by atoms with van der Waals surface area (Å²) < 4.78 is 9.07. The summed E-state index contributed by atoms with van der Waals surface area (Å²) in [5, 5.41) is 4.68. The van der Waals surface area contributed by atoms with Crippen molar-refractivity contribution in [3.63, 3.8) is 0 Å². The van der Waals surface area contributed by atoms with Gasteiger partial charge in [0.25, 0.3) is 0 Å². The van der Waals surface area contributed by atoms with E-state index in [-0.39, 0.29) is 0 Å². The molecular formula is C48H32N2O. The number of anilines is 3. The van der Waals surface area contributed by atoms with E-state index < -0.39 is 0 Å². The third-order valence-electron chi connectivity index (χ3n) is 10.0. The zero-order chi connectivity index (χ0) is 33.7. The highest BCUT2D eigenvalue weighted by Crippen LogP contribution is 2.42. The summed E-state index contributed by atoms with van der Waals surface area (Å²) in [4.78, 5) is 2.31. The fourth-order valence-electron chi connectivity index (χ4n) is 7.62. The summed E-state index contributed by atoms with van der Waals surface area (Å²) in [5.74, 6) is 0. The lowest BCUT2D eigenvalue weighted by atomic mass is 10.0.